The van der Waals surface area contributed by atoms with Gasteiger partial charge in [0, 0.05) is 0 Å². The number of ether oxygens (including phenoxy) is 11. The van der Waals surface area contributed by atoms with Crippen molar-refractivity contribution in [2.75, 3.05) is 26.4 Å². The lowest BCUT2D eigenvalue weighted by Crippen LogP contribution is -2.54. The maximum atomic E-state index is 13.6. The van der Waals surface area contributed by atoms with E-state index in [0.717, 1.165) is 22.3 Å². The van der Waals surface area contributed by atoms with Gasteiger partial charge >= 0.3 is 30.2 Å². The predicted molar refractivity (Wildman–Crippen MR) is 284 cm³/mol. The van der Waals surface area contributed by atoms with Crippen LogP contribution in [0.5, 0.6) is 0 Å². The monoisotopic (exact) mass is 1070 g/mol. The maximum Gasteiger partial charge on any atom is 0.420 e. The first-order chi connectivity index (χ1) is 36.4. The molecule has 77 heavy (non-hydrogen) atoms. The molecule has 0 radical (unpaired) electrons. The van der Waals surface area contributed by atoms with E-state index < -0.39 is 95.7 Å². The Labute approximate surface area is 453 Å². The minimum atomic E-state index is -1.47. The number of esters is 2. The summed E-state index contributed by atoms with van der Waals surface area (Å²) in [7, 11) is 0. The fraction of sp³-hybridized carbons (Fsp3) is 0.508. The molecule has 2 heterocycles. The minimum Gasteiger partial charge on any atom is -0.458 e. The zero-order valence-electron chi connectivity index (χ0n) is 46.3. The van der Waals surface area contributed by atoms with Gasteiger partial charge in [-0.15, -0.1) is 0 Å². The van der Waals surface area contributed by atoms with Crippen molar-refractivity contribution in [2.45, 2.75) is 168 Å². The second-order valence-corrected chi connectivity index (χ2v) is 21.6. The van der Waals surface area contributed by atoms with E-state index >= 15 is 0 Å². The molecule has 0 unspecified atom stereocenters. The number of alkyl carbamates (subject to hydrolysis) is 1. The van der Waals surface area contributed by atoms with Crippen molar-refractivity contribution in [1.82, 2.24) is 10.2 Å². The van der Waals surface area contributed by atoms with Crippen molar-refractivity contribution in [3.63, 3.8) is 0 Å². The zero-order valence-corrected chi connectivity index (χ0v) is 46.3. The van der Waals surface area contributed by atoms with Crippen molar-refractivity contribution < 1.29 is 76.1 Å². The zero-order chi connectivity index (χ0) is 56.2. The van der Waals surface area contributed by atoms with E-state index in [2.05, 4.69) is 5.32 Å². The highest BCUT2D eigenvalue weighted by atomic mass is 16.6. The van der Waals surface area contributed by atoms with Crippen LogP contribution in [-0.2, 0) is 88.1 Å². The van der Waals surface area contributed by atoms with Crippen molar-refractivity contribution in [2.24, 2.45) is 0 Å². The number of carbonyl (C=O) groups excluding carboxylic acids is 5. The summed E-state index contributed by atoms with van der Waals surface area (Å²) in [6.45, 7) is 19.5. The van der Waals surface area contributed by atoms with Gasteiger partial charge in [0.15, 0.2) is 12.1 Å². The first kappa shape index (κ1) is 61.4. The van der Waals surface area contributed by atoms with Crippen LogP contribution in [0, 0.1) is 0 Å². The molecule has 2 fully saturated rings. The van der Waals surface area contributed by atoms with Gasteiger partial charge in [0.2, 0.25) is 0 Å². The Balaban J connectivity index is 0.000000289. The number of benzene rings is 4. The summed E-state index contributed by atoms with van der Waals surface area (Å²) in [5.74, 6) is -1.49. The third-order valence-electron chi connectivity index (χ3n) is 11.3. The van der Waals surface area contributed by atoms with Crippen LogP contribution in [-0.4, -0.2) is 127 Å². The van der Waals surface area contributed by atoms with Crippen molar-refractivity contribution in [3.05, 3.63) is 144 Å². The summed E-state index contributed by atoms with van der Waals surface area (Å²) in [6.07, 6.45) is -6.79. The molecule has 6 rings (SSSR count). The molecule has 8 atom stereocenters. The lowest BCUT2D eigenvalue weighted by atomic mass is 10.1. The number of hydrogen-bond donors (Lipinski definition) is 1. The van der Waals surface area contributed by atoms with Crippen molar-refractivity contribution in [3.8, 4) is 0 Å². The van der Waals surface area contributed by atoms with Crippen LogP contribution >= 0.6 is 0 Å². The third kappa shape index (κ3) is 21.9. The number of amides is 3. The van der Waals surface area contributed by atoms with Gasteiger partial charge in [0.05, 0.1) is 52.9 Å². The number of carbonyl (C=O) groups is 5. The second kappa shape index (κ2) is 29.4. The topological polar surface area (TPSA) is 202 Å². The molecular formula is C59H78N2O16. The molecule has 4 aromatic rings. The number of nitrogens with zero attached hydrogens (tertiary/aromatic N) is 1. The Kier molecular flexibility index (Phi) is 23.4. The molecule has 0 aromatic heterocycles. The molecule has 420 valence electrons. The first-order valence-corrected chi connectivity index (χ1v) is 25.9. The fourth-order valence-electron chi connectivity index (χ4n) is 7.73. The molecule has 0 bridgehead atoms. The summed E-state index contributed by atoms with van der Waals surface area (Å²) in [6, 6.07) is 36.2. The number of imide groups is 1. The Morgan fingerprint density at radius 1 is 0.481 bits per heavy atom. The number of cyclic esters (lactones) is 2. The molecule has 2 aliphatic heterocycles. The molecule has 2 saturated heterocycles. The third-order valence-corrected chi connectivity index (χ3v) is 11.3. The average Bonchev–Trinajstić information content (AvgIpc) is 3.44. The number of nitrogens with one attached hydrogen (secondary N) is 1. The van der Waals surface area contributed by atoms with Crippen LogP contribution < -0.4 is 5.32 Å². The average molecular weight is 1070 g/mol. The standard InChI is InChI=1S/C32H43NO9.C27H35NO7/c1-22-27(39-19-24-16-12-9-13-17-24)26(38-18-23-14-10-8-11-15-23)21-37-20-25(28(34)40-22)33(29(35)41-31(2,3)4)30(36)42-32(5,6)7;1-19-24(33-16-21-13-9-6-10-14-21)23(32-15-20-11-7-5-8-12-20)18-31-17-22(25(29)34-19)28-26(30)35-27(2,3)4/h8-17,22,25-27H,18-21H2,1-7H3;5-14,19,22-24H,15-18H2,1-4H3,(H,28,30)/t22-,25-,26-,27-;19-,22-,23-,24-/m00/s1. The van der Waals surface area contributed by atoms with Crippen LogP contribution in [0.15, 0.2) is 121 Å². The molecule has 18 heteroatoms. The molecule has 0 aliphatic carbocycles. The van der Waals surface area contributed by atoms with Gasteiger partial charge in [-0.3, -0.25) is 0 Å². The Hall–Kier alpha value is -6.41. The van der Waals surface area contributed by atoms with E-state index in [1.54, 1.807) is 76.2 Å². The van der Waals surface area contributed by atoms with E-state index in [0.29, 0.717) is 18.1 Å². The van der Waals surface area contributed by atoms with Crippen LogP contribution in [0.3, 0.4) is 0 Å². The number of hydrogen-bond acceptors (Lipinski definition) is 16. The Morgan fingerprint density at radius 3 is 1.18 bits per heavy atom. The van der Waals surface area contributed by atoms with Crippen LogP contribution in [0.4, 0.5) is 14.4 Å². The van der Waals surface area contributed by atoms with Crippen LogP contribution in [0.25, 0.3) is 0 Å². The summed E-state index contributed by atoms with van der Waals surface area (Å²) in [5, 5.41) is 2.54. The second-order valence-electron chi connectivity index (χ2n) is 21.6. The quantitative estimate of drug-likeness (QED) is 0.0923. The fourth-order valence-corrected chi connectivity index (χ4v) is 7.73. The SMILES string of the molecule is C[C@@H]1OC(=O)[C@@H](N(C(=O)OC(C)(C)C)C(=O)OC(C)(C)C)COC[C@H](OCc2ccccc2)[C@H]1OCc1ccccc1.C[C@@H]1OC(=O)[C@@H](NC(=O)OC(C)(C)C)COC[C@H](OCc2ccccc2)[C@H]1OCc1ccccc1. The van der Waals surface area contributed by atoms with Crippen molar-refractivity contribution >= 4 is 30.2 Å². The van der Waals surface area contributed by atoms with Gasteiger partial charge in [0.25, 0.3) is 0 Å². The van der Waals surface area contributed by atoms with E-state index in [9.17, 15) is 24.0 Å². The minimum absolute atomic E-state index is 0.000245. The molecule has 0 saturated carbocycles. The lowest BCUT2D eigenvalue weighted by Gasteiger charge is -2.32. The largest absolute Gasteiger partial charge is 0.458 e. The Morgan fingerprint density at radius 2 is 0.818 bits per heavy atom. The summed E-state index contributed by atoms with van der Waals surface area (Å²) in [5.41, 5.74) is 1.27. The van der Waals surface area contributed by atoms with Crippen molar-refractivity contribution in [1.29, 1.82) is 0 Å². The highest BCUT2D eigenvalue weighted by Gasteiger charge is 2.45. The highest BCUT2D eigenvalue weighted by Crippen LogP contribution is 2.25. The van der Waals surface area contributed by atoms with E-state index in [4.69, 9.17) is 52.1 Å². The predicted octanol–water partition coefficient (Wildman–Crippen LogP) is 9.67. The van der Waals surface area contributed by atoms with Gasteiger partial charge in [0.1, 0.15) is 53.4 Å². The van der Waals surface area contributed by atoms with Crippen LogP contribution in [0.1, 0.15) is 98.4 Å². The Bertz CT molecular complexity index is 2400. The summed E-state index contributed by atoms with van der Waals surface area (Å²) in [4.78, 5) is 65.8. The molecular weight excluding hydrogens is 993 g/mol. The summed E-state index contributed by atoms with van der Waals surface area (Å²) >= 11 is 0. The molecule has 0 spiro atoms. The summed E-state index contributed by atoms with van der Waals surface area (Å²) < 4.78 is 64.4. The molecule has 3 amide bonds. The molecule has 1 N–H and O–H groups in total. The highest BCUT2D eigenvalue weighted by molar-refractivity contribution is 5.94. The normalized spacial score (nSPS) is 22.5. The van der Waals surface area contributed by atoms with Gasteiger partial charge in [-0.1, -0.05) is 121 Å². The van der Waals surface area contributed by atoms with E-state index in [-0.39, 0.29) is 39.6 Å². The van der Waals surface area contributed by atoms with Gasteiger partial charge in [-0.2, -0.15) is 4.90 Å². The lowest BCUT2D eigenvalue weighted by molar-refractivity contribution is -0.172. The molecule has 2 aliphatic rings. The van der Waals surface area contributed by atoms with E-state index in [1.165, 1.54) is 0 Å². The van der Waals surface area contributed by atoms with Gasteiger partial charge in [-0.25, -0.2) is 24.0 Å². The van der Waals surface area contributed by atoms with Crippen LogP contribution in [0.2, 0.25) is 0 Å². The smallest absolute Gasteiger partial charge is 0.420 e. The number of rotatable bonds is 14. The first-order valence-electron chi connectivity index (χ1n) is 25.9. The van der Waals surface area contributed by atoms with E-state index in [1.807, 2.05) is 121 Å². The van der Waals surface area contributed by atoms with Gasteiger partial charge in [-0.05, 0) is 98.4 Å². The maximum absolute atomic E-state index is 13.6. The molecule has 4 aromatic carbocycles. The molecule has 18 nitrogen and oxygen atoms in total. The van der Waals surface area contributed by atoms with Gasteiger partial charge < -0.3 is 57.4 Å².